The van der Waals surface area contributed by atoms with Crippen molar-refractivity contribution in [1.82, 2.24) is 5.32 Å². The van der Waals surface area contributed by atoms with Crippen molar-refractivity contribution in [3.63, 3.8) is 0 Å². The molecule has 0 radical (unpaired) electrons. The van der Waals surface area contributed by atoms with Crippen LogP contribution in [0.5, 0.6) is 17.2 Å². The molecule has 2 aliphatic heterocycles. The summed E-state index contributed by atoms with van der Waals surface area (Å²) < 4.78 is 17.0. The summed E-state index contributed by atoms with van der Waals surface area (Å²) in [6.45, 7) is 7.55. The summed E-state index contributed by atoms with van der Waals surface area (Å²) in [5.74, 6) is 2.37. The molecular weight excluding hydrogens is 230 g/mol. The molecule has 0 fully saturated rings. The fourth-order valence-electron chi connectivity index (χ4n) is 2.69. The number of fused-ring (bicyclic) bond motifs is 3. The molecule has 1 N–H and O–H groups in total. The molecule has 4 heteroatoms. The largest absolute Gasteiger partial charge is 0.483 e. The third-order valence-corrected chi connectivity index (χ3v) is 3.42. The average molecular weight is 249 g/mol. The fraction of sp³-hybridized carbons (Fsp3) is 0.571. The van der Waals surface area contributed by atoms with Gasteiger partial charge in [-0.15, -0.1) is 0 Å². The zero-order valence-electron chi connectivity index (χ0n) is 11.1. The summed E-state index contributed by atoms with van der Waals surface area (Å²) in [4.78, 5) is 0. The van der Waals surface area contributed by atoms with E-state index in [2.05, 4.69) is 32.2 Å². The first-order chi connectivity index (χ1) is 8.61. The third kappa shape index (κ3) is 1.81. The van der Waals surface area contributed by atoms with E-state index in [0.717, 1.165) is 30.2 Å². The average Bonchev–Trinajstić information content (AvgIpc) is 2.76. The Kier molecular flexibility index (Phi) is 2.63. The van der Waals surface area contributed by atoms with Gasteiger partial charge in [-0.05, 0) is 32.5 Å². The van der Waals surface area contributed by atoms with Crippen molar-refractivity contribution in [1.29, 1.82) is 0 Å². The third-order valence-electron chi connectivity index (χ3n) is 3.42. The van der Waals surface area contributed by atoms with Crippen LogP contribution in [0.4, 0.5) is 0 Å². The van der Waals surface area contributed by atoms with Crippen LogP contribution in [0.3, 0.4) is 0 Å². The molecule has 2 aliphatic rings. The number of hydrogen-bond donors (Lipinski definition) is 1. The molecule has 0 aliphatic carbocycles. The molecule has 2 heterocycles. The Balaban J connectivity index is 2.07. The standard InChI is InChI=1S/C14H19NO3/c1-4-15-10-7-14(2,3)18-12-9(10)5-6-11-13(12)17-8-16-11/h5-6,10,15H,4,7-8H2,1-3H3. The Hall–Kier alpha value is -1.42. The van der Waals surface area contributed by atoms with Gasteiger partial charge < -0.3 is 19.5 Å². The van der Waals surface area contributed by atoms with Crippen LogP contribution in [0.25, 0.3) is 0 Å². The van der Waals surface area contributed by atoms with Gasteiger partial charge in [0.1, 0.15) is 5.60 Å². The Bertz CT molecular complexity index is 470. The number of hydrogen-bond acceptors (Lipinski definition) is 4. The number of nitrogens with one attached hydrogen (secondary N) is 1. The molecule has 0 amide bonds. The highest BCUT2D eigenvalue weighted by molar-refractivity contribution is 5.58. The summed E-state index contributed by atoms with van der Waals surface area (Å²) >= 11 is 0. The van der Waals surface area contributed by atoms with Crippen molar-refractivity contribution < 1.29 is 14.2 Å². The van der Waals surface area contributed by atoms with E-state index in [1.807, 2.05) is 6.07 Å². The lowest BCUT2D eigenvalue weighted by Gasteiger charge is -2.38. The molecule has 0 aromatic heterocycles. The van der Waals surface area contributed by atoms with Crippen LogP contribution in [0.1, 0.15) is 38.8 Å². The Morgan fingerprint density at radius 3 is 2.89 bits per heavy atom. The monoisotopic (exact) mass is 249 g/mol. The van der Waals surface area contributed by atoms with E-state index in [0.29, 0.717) is 6.04 Å². The highest BCUT2D eigenvalue weighted by Gasteiger charge is 2.37. The Morgan fingerprint density at radius 1 is 1.28 bits per heavy atom. The van der Waals surface area contributed by atoms with E-state index < -0.39 is 0 Å². The van der Waals surface area contributed by atoms with Crippen molar-refractivity contribution in [2.24, 2.45) is 0 Å². The van der Waals surface area contributed by atoms with Gasteiger partial charge in [0.15, 0.2) is 11.5 Å². The van der Waals surface area contributed by atoms with Gasteiger partial charge in [-0.1, -0.05) is 6.92 Å². The summed E-state index contributed by atoms with van der Waals surface area (Å²) in [6, 6.07) is 4.35. The molecule has 3 rings (SSSR count). The number of ether oxygens (including phenoxy) is 3. The van der Waals surface area contributed by atoms with Crippen LogP contribution < -0.4 is 19.5 Å². The predicted octanol–water partition coefficient (Wildman–Crippen LogP) is 2.63. The lowest BCUT2D eigenvalue weighted by Crippen LogP contribution is -2.39. The first kappa shape index (κ1) is 11.7. The second-order valence-electron chi connectivity index (χ2n) is 5.39. The zero-order valence-corrected chi connectivity index (χ0v) is 11.1. The van der Waals surface area contributed by atoms with Crippen molar-refractivity contribution in [2.45, 2.75) is 38.8 Å². The fourth-order valence-corrected chi connectivity index (χ4v) is 2.69. The minimum atomic E-state index is -0.194. The lowest BCUT2D eigenvalue weighted by atomic mass is 9.89. The normalized spacial score (nSPS) is 23.4. The number of rotatable bonds is 2. The van der Waals surface area contributed by atoms with Gasteiger partial charge in [-0.25, -0.2) is 0 Å². The molecule has 18 heavy (non-hydrogen) atoms. The summed E-state index contributed by atoms with van der Waals surface area (Å²) in [7, 11) is 0. The van der Waals surface area contributed by atoms with Crippen LogP contribution in [0, 0.1) is 0 Å². The quantitative estimate of drug-likeness (QED) is 0.874. The van der Waals surface area contributed by atoms with Gasteiger partial charge >= 0.3 is 0 Å². The maximum atomic E-state index is 6.09. The van der Waals surface area contributed by atoms with E-state index in [1.165, 1.54) is 5.56 Å². The van der Waals surface area contributed by atoms with Gasteiger partial charge in [-0.3, -0.25) is 0 Å². The van der Waals surface area contributed by atoms with Crippen molar-refractivity contribution >= 4 is 0 Å². The molecule has 1 aromatic rings. The van der Waals surface area contributed by atoms with Crippen molar-refractivity contribution in [3.8, 4) is 17.2 Å². The van der Waals surface area contributed by atoms with Crippen LogP contribution in [-0.4, -0.2) is 18.9 Å². The van der Waals surface area contributed by atoms with E-state index in [1.54, 1.807) is 0 Å². The Labute approximate surface area is 107 Å². The van der Waals surface area contributed by atoms with Crippen LogP contribution in [0.2, 0.25) is 0 Å². The molecule has 0 bridgehead atoms. The summed E-state index contributed by atoms with van der Waals surface area (Å²) in [5, 5.41) is 3.51. The van der Waals surface area contributed by atoms with Gasteiger partial charge in [0.05, 0.1) is 0 Å². The van der Waals surface area contributed by atoms with Gasteiger partial charge in [0.2, 0.25) is 12.5 Å². The smallest absolute Gasteiger partial charge is 0.231 e. The first-order valence-electron chi connectivity index (χ1n) is 6.45. The molecular formula is C14H19NO3. The zero-order chi connectivity index (χ0) is 12.8. The van der Waals surface area contributed by atoms with E-state index in [-0.39, 0.29) is 12.4 Å². The maximum Gasteiger partial charge on any atom is 0.231 e. The minimum Gasteiger partial charge on any atom is -0.483 e. The van der Waals surface area contributed by atoms with E-state index >= 15 is 0 Å². The second kappa shape index (κ2) is 4.05. The van der Waals surface area contributed by atoms with Crippen LogP contribution in [-0.2, 0) is 0 Å². The summed E-state index contributed by atoms with van der Waals surface area (Å²) in [6.07, 6.45) is 0.952. The lowest BCUT2D eigenvalue weighted by molar-refractivity contribution is 0.0614. The van der Waals surface area contributed by atoms with Gasteiger partial charge in [0, 0.05) is 18.0 Å². The SMILES string of the molecule is CCNC1CC(C)(C)Oc2c1ccc1c2OCO1. The van der Waals surface area contributed by atoms with Crippen LogP contribution in [0.15, 0.2) is 12.1 Å². The highest BCUT2D eigenvalue weighted by atomic mass is 16.7. The van der Waals surface area contributed by atoms with Gasteiger partial charge in [0.25, 0.3) is 0 Å². The molecule has 1 aromatic carbocycles. The molecule has 1 unspecified atom stereocenters. The highest BCUT2D eigenvalue weighted by Crippen LogP contribution is 2.50. The minimum absolute atomic E-state index is 0.194. The van der Waals surface area contributed by atoms with E-state index in [4.69, 9.17) is 14.2 Å². The van der Waals surface area contributed by atoms with Crippen LogP contribution >= 0.6 is 0 Å². The molecule has 4 nitrogen and oxygen atoms in total. The summed E-state index contributed by atoms with van der Waals surface area (Å²) in [5.41, 5.74) is 0.974. The molecule has 0 saturated heterocycles. The van der Waals surface area contributed by atoms with E-state index in [9.17, 15) is 0 Å². The van der Waals surface area contributed by atoms with Crippen molar-refractivity contribution in [3.05, 3.63) is 17.7 Å². The molecule has 0 saturated carbocycles. The maximum absolute atomic E-state index is 6.09. The molecule has 98 valence electrons. The molecule has 1 atom stereocenters. The number of benzene rings is 1. The molecule has 0 spiro atoms. The topological polar surface area (TPSA) is 39.7 Å². The predicted molar refractivity (Wildman–Crippen MR) is 68.3 cm³/mol. The Morgan fingerprint density at radius 2 is 2.11 bits per heavy atom. The first-order valence-corrected chi connectivity index (χ1v) is 6.45. The van der Waals surface area contributed by atoms with Gasteiger partial charge in [-0.2, -0.15) is 0 Å². The van der Waals surface area contributed by atoms with Crippen molar-refractivity contribution in [2.75, 3.05) is 13.3 Å². The second-order valence-corrected chi connectivity index (χ2v) is 5.39.